The van der Waals surface area contributed by atoms with E-state index < -0.39 is 105 Å². The van der Waals surface area contributed by atoms with Gasteiger partial charge in [0.1, 0.15) is 5.78 Å². The second-order valence-electron chi connectivity index (χ2n) is 9.83. The summed E-state index contributed by atoms with van der Waals surface area (Å²) >= 11 is 0. The molecular weight excluding hydrogens is 610 g/mol. The Balaban J connectivity index is 2.31. The molecule has 43 heavy (non-hydrogen) atoms. The number of aliphatic hydroxyl groups is 20. The summed E-state index contributed by atoms with van der Waals surface area (Å²) in [6.07, 6.45) is -10.1. The molecule has 24 heteroatoms. The van der Waals surface area contributed by atoms with Crippen molar-refractivity contribution in [1.82, 2.24) is 4.90 Å². The van der Waals surface area contributed by atoms with Gasteiger partial charge in [0.15, 0.2) is 17.2 Å². The van der Waals surface area contributed by atoms with E-state index in [1.165, 1.54) is 0 Å². The molecule has 20 N–H and O–H groups in total. The summed E-state index contributed by atoms with van der Waals surface area (Å²) < 4.78 is 8.42. The fourth-order valence-corrected chi connectivity index (χ4v) is 4.85. The maximum atomic E-state index is 13.1. The summed E-state index contributed by atoms with van der Waals surface area (Å²) in [6.45, 7) is -1.93. The highest BCUT2D eigenvalue weighted by Crippen LogP contribution is 2.55. The zero-order valence-electron chi connectivity index (χ0n) is 20.8. The summed E-state index contributed by atoms with van der Waals surface area (Å²) in [5, 5.41) is 197. The van der Waals surface area contributed by atoms with Gasteiger partial charge in [0, 0.05) is 17.7 Å². The molecular formula is C19H27NO23. The molecule has 0 aliphatic carbocycles. The van der Waals surface area contributed by atoms with Crippen LogP contribution in [0.5, 0.6) is 11.5 Å². The Hall–Kier alpha value is -2.35. The minimum atomic E-state index is -5.19. The quantitative estimate of drug-likeness (QED) is 0.118. The van der Waals surface area contributed by atoms with Crippen molar-refractivity contribution in [2.24, 2.45) is 5.92 Å². The van der Waals surface area contributed by atoms with Crippen LogP contribution < -0.4 is 9.47 Å². The molecule has 0 spiro atoms. The third-order valence-corrected chi connectivity index (χ3v) is 6.84. The first-order chi connectivity index (χ1) is 18.8. The van der Waals surface area contributed by atoms with E-state index in [9.17, 15) is 91.6 Å². The lowest BCUT2D eigenvalue weighted by atomic mass is 9.70. The van der Waals surface area contributed by atoms with E-state index in [2.05, 4.69) is 9.47 Å². The van der Waals surface area contributed by atoms with Crippen LogP contribution in [0.3, 0.4) is 0 Å². The van der Waals surface area contributed by atoms with E-state index >= 15 is 0 Å². The van der Waals surface area contributed by atoms with Crippen LogP contribution in [0.25, 0.3) is 0 Å². The molecule has 0 aromatic heterocycles. The molecule has 2 unspecified atom stereocenters. The molecule has 2 aliphatic heterocycles. The van der Waals surface area contributed by atoms with Gasteiger partial charge in [0.05, 0.1) is 12.3 Å². The van der Waals surface area contributed by atoms with Crippen LogP contribution in [-0.2, 0) is 16.3 Å². The van der Waals surface area contributed by atoms with Crippen LogP contribution in [0.4, 0.5) is 0 Å². The average Bonchev–Trinajstić information content (AvgIpc) is 2.74. The maximum absolute atomic E-state index is 13.1. The molecule has 1 aromatic rings. The van der Waals surface area contributed by atoms with Gasteiger partial charge in [-0.25, -0.2) is 4.90 Å². The van der Waals surface area contributed by atoms with Gasteiger partial charge in [-0.2, -0.15) is 0 Å². The van der Waals surface area contributed by atoms with Gasteiger partial charge in [0.2, 0.25) is 5.79 Å². The number of ketones is 1. The molecule has 246 valence electrons. The highest BCUT2D eigenvalue weighted by atomic mass is 16.9. The Morgan fingerprint density at radius 3 is 1.44 bits per heavy atom. The number of nitrogens with zero attached hydrogens (tertiary/aromatic N) is 1. The molecule has 3 rings (SSSR count). The SMILES string of the molecule is O=C1CC2(O)c3cc(OC(O)(O)O)c(OC(O)(O)O)cc3C(O)(O)C(O)(O)N2CC1C(O)(O)C(O)(C(O)(O)O)C(O)(O)O. The third-order valence-electron chi connectivity index (χ3n) is 6.84. The number of fused-ring (bicyclic) bond motifs is 3. The monoisotopic (exact) mass is 637 g/mol. The van der Waals surface area contributed by atoms with Crippen molar-refractivity contribution in [3.63, 3.8) is 0 Å². The van der Waals surface area contributed by atoms with Gasteiger partial charge < -0.3 is 112 Å². The first-order valence-electron chi connectivity index (χ1n) is 11.1. The predicted octanol–water partition coefficient (Wildman–Crippen LogP) is -11.9. The summed E-state index contributed by atoms with van der Waals surface area (Å²) in [4.78, 5) is 12.7. The Bertz CT molecular complexity index is 1250. The Labute approximate surface area is 234 Å². The fourth-order valence-electron chi connectivity index (χ4n) is 4.85. The summed E-state index contributed by atoms with van der Waals surface area (Å²) in [5.74, 6) is -31.4. The van der Waals surface area contributed by atoms with E-state index in [0.717, 1.165) is 0 Å². The number of hydrogen-bond acceptors (Lipinski definition) is 24. The maximum Gasteiger partial charge on any atom is 0.453 e. The van der Waals surface area contributed by atoms with Crippen molar-refractivity contribution < 1.29 is 116 Å². The normalized spacial score (nSPS) is 25.2. The molecule has 0 amide bonds. The van der Waals surface area contributed by atoms with Crippen LogP contribution in [0.2, 0.25) is 0 Å². The summed E-state index contributed by atoms with van der Waals surface area (Å²) in [7, 11) is 0. The number of hydrogen-bond donors (Lipinski definition) is 20. The lowest BCUT2D eigenvalue weighted by Crippen LogP contribution is -2.83. The van der Waals surface area contributed by atoms with Crippen LogP contribution in [0.1, 0.15) is 17.5 Å². The van der Waals surface area contributed by atoms with Crippen LogP contribution in [0.15, 0.2) is 12.1 Å². The number of rotatable bonds is 8. The van der Waals surface area contributed by atoms with E-state index in [4.69, 9.17) is 15.3 Å². The molecule has 2 heterocycles. The van der Waals surface area contributed by atoms with Gasteiger partial charge >= 0.3 is 24.3 Å². The van der Waals surface area contributed by atoms with E-state index in [-0.39, 0.29) is 12.1 Å². The highest BCUT2D eigenvalue weighted by Gasteiger charge is 2.78. The zero-order chi connectivity index (χ0) is 33.8. The fraction of sp³-hybridized carbons (Fsp3) is 0.632. The summed E-state index contributed by atoms with van der Waals surface area (Å²) in [5.41, 5.74) is -11.1. The van der Waals surface area contributed by atoms with Crippen molar-refractivity contribution in [3.8, 4) is 11.5 Å². The first-order valence-corrected chi connectivity index (χ1v) is 11.1. The average molecular weight is 637 g/mol. The molecule has 0 saturated carbocycles. The summed E-state index contributed by atoms with van der Waals surface area (Å²) in [6, 6.07) is 0.282. The van der Waals surface area contributed by atoms with Crippen molar-refractivity contribution >= 4 is 5.78 Å². The molecule has 24 nitrogen and oxygen atoms in total. The van der Waals surface area contributed by atoms with Gasteiger partial charge in [0.25, 0.3) is 17.3 Å². The molecule has 1 fully saturated rings. The lowest BCUT2D eigenvalue weighted by molar-refractivity contribution is -0.547. The highest BCUT2D eigenvalue weighted by molar-refractivity contribution is 5.85. The topological polar surface area (TPSA) is 443 Å². The van der Waals surface area contributed by atoms with E-state index in [1.807, 2.05) is 0 Å². The molecule has 0 bridgehead atoms. The van der Waals surface area contributed by atoms with Gasteiger partial charge in [-0.1, -0.05) is 0 Å². The third kappa shape index (κ3) is 5.33. The standard InChI is InChI=1S/C19H27NO23/c21-8-3-11(22)5-1-9(42-18(36,37)38)10(43-19(39,40)41)2-6(5)13(25,26)15(28,29)20(11)4-7(8)12(23,24)14(27,16(30,31)32)17(33,34)35/h1-2,7,22-41H,3-4H2. The Kier molecular flexibility index (Phi) is 7.82. The zero-order valence-corrected chi connectivity index (χ0v) is 20.8. The molecule has 0 radical (unpaired) electrons. The van der Waals surface area contributed by atoms with E-state index in [0.29, 0.717) is 0 Å². The van der Waals surface area contributed by atoms with E-state index in [1.54, 1.807) is 0 Å². The molecule has 1 saturated heterocycles. The number of Topliss-reactive ketones (excluding diaryl/α,β-unsaturated/α-hetero) is 1. The second kappa shape index (κ2) is 9.58. The number of benzene rings is 1. The second-order valence-corrected chi connectivity index (χ2v) is 9.83. The van der Waals surface area contributed by atoms with Crippen LogP contribution >= 0.6 is 0 Å². The number of piperidine rings is 1. The van der Waals surface area contributed by atoms with Crippen molar-refractivity contribution in [2.45, 2.75) is 59.5 Å². The Morgan fingerprint density at radius 2 is 1.07 bits per heavy atom. The molecule has 2 aliphatic rings. The van der Waals surface area contributed by atoms with Crippen LogP contribution in [-0.4, -0.2) is 161 Å². The number of carbonyl (C=O) groups excluding carboxylic acids is 1. The van der Waals surface area contributed by atoms with Gasteiger partial charge in [-0.15, -0.1) is 0 Å². The number of carbonyl (C=O) groups is 1. The first kappa shape index (κ1) is 35.1. The largest absolute Gasteiger partial charge is 0.453 e. The van der Waals surface area contributed by atoms with Gasteiger partial charge in [-0.05, 0) is 12.1 Å². The predicted molar refractivity (Wildman–Crippen MR) is 114 cm³/mol. The molecule has 2 atom stereocenters. The van der Waals surface area contributed by atoms with Gasteiger partial charge in [-0.3, -0.25) is 4.79 Å². The number of ether oxygens (including phenoxy) is 2. The minimum Gasteiger partial charge on any atom is -0.413 e. The smallest absolute Gasteiger partial charge is 0.413 e. The minimum absolute atomic E-state index is 0.0945. The van der Waals surface area contributed by atoms with Crippen molar-refractivity contribution in [3.05, 3.63) is 23.3 Å². The van der Waals surface area contributed by atoms with Crippen molar-refractivity contribution in [1.29, 1.82) is 0 Å². The van der Waals surface area contributed by atoms with Crippen LogP contribution in [0, 0.1) is 5.92 Å². The Morgan fingerprint density at radius 1 is 0.674 bits per heavy atom. The van der Waals surface area contributed by atoms with Crippen molar-refractivity contribution in [2.75, 3.05) is 6.54 Å². The lowest BCUT2D eigenvalue weighted by Gasteiger charge is -2.59. The molecule has 1 aromatic carbocycles.